The lowest BCUT2D eigenvalue weighted by Gasteiger charge is -2.00. The molecule has 1 heterocycles. The average Bonchev–Trinajstić information content (AvgIpc) is 2.83. The van der Waals surface area contributed by atoms with Crippen molar-refractivity contribution < 1.29 is 4.79 Å². The molecular weight excluding hydrogens is 210 g/mol. The van der Waals surface area contributed by atoms with Gasteiger partial charge in [0.1, 0.15) is 0 Å². The van der Waals surface area contributed by atoms with Crippen LogP contribution in [0.25, 0.3) is 16.5 Å². The molecule has 1 aliphatic carbocycles. The Balaban J connectivity index is 2.29. The number of carbonyl (C=O) groups excluding carboxylic acids is 1. The molecule has 0 radical (unpaired) electrons. The van der Waals surface area contributed by atoms with E-state index in [1.165, 1.54) is 22.0 Å². The highest BCUT2D eigenvalue weighted by Crippen LogP contribution is 2.35. The maximum atomic E-state index is 11.6. The van der Waals surface area contributed by atoms with Crippen molar-refractivity contribution in [3.05, 3.63) is 41.6 Å². The fourth-order valence-electron chi connectivity index (χ4n) is 2.70. The van der Waals surface area contributed by atoms with E-state index in [2.05, 4.69) is 36.0 Å². The van der Waals surface area contributed by atoms with E-state index in [1.54, 1.807) is 0 Å². The van der Waals surface area contributed by atoms with Crippen molar-refractivity contribution >= 4 is 22.3 Å². The summed E-state index contributed by atoms with van der Waals surface area (Å²) in [5.41, 5.74) is 4.63. The molecule has 17 heavy (non-hydrogen) atoms. The molecule has 3 rings (SSSR count). The first kappa shape index (κ1) is 10.3. The number of aromatic nitrogens is 1. The molecule has 2 nitrogen and oxygen atoms in total. The van der Waals surface area contributed by atoms with E-state index in [4.69, 9.17) is 0 Å². The van der Waals surface area contributed by atoms with E-state index in [-0.39, 0.29) is 0 Å². The number of aryl methyl sites for hydroxylation is 1. The lowest BCUT2D eigenvalue weighted by atomic mass is 10.0. The third kappa shape index (κ3) is 1.44. The summed E-state index contributed by atoms with van der Waals surface area (Å²) in [5, 5.41) is 1.25. The summed E-state index contributed by atoms with van der Waals surface area (Å²) in [4.78, 5) is 11.6. The third-order valence-electron chi connectivity index (χ3n) is 3.70. The predicted molar refractivity (Wildman–Crippen MR) is 69.8 cm³/mol. The lowest BCUT2D eigenvalue weighted by Crippen LogP contribution is -1.90. The van der Waals surface area contributed by atoms with Gasteiger partial charge in [0.25, 0.3) is 0 Å². The van der Waals surface area contributed by atoms with Crippen LogP contribution in [0, 0.1) is 0 Å². The average molecular weight is 225 g/mol. The van der Waals surface area contributed by atoms with Gasteiger partial charge in [-0.2, -0.15) is 0 Å². The Kier molecular flexibility index (Phi) is 2.18. The molecule has 0 atom stereocenters. The summed E-state index contributed by atoms with van der Waals surface area (Å²) in [7, 11) is 2.05. The van der Waals surface area contributed by atoms with E-state index in [1.807, 2.05) is 13.0 Å². The Bertz CT molecular complexity index is 646. The van der Waals surface area contributed by atoms with Gasteiger partial charge in [-0.15, -0.1) is 0 Å². The molecule has 0 amide bonds. The monoisotopic (exact) mass is 225 g/mol. The summed E-state index contributed by atoms with van der Waals surface area (Å²) >= 11 is 0. The zero-order valence-corrected chi connectivity index (χ0v) is 10.2. The van der Waals surface area contributed by atoms with Crippen LogP contribution >= 0.6 is 0 Å². The van der Waals surface area contributed by atoms with E-state index in [0.29, 0.717) is 12.2 Å². The Morgan fingerprint density at radius 1 is 1.18 bits per heavy atom. The maximum Gasteiger partial charge on any atom is 0.159 e. The minimum Gasteiger partial charge on any atom is -0.350 e. The second kappa shape index (κ2) is 3.59. The number of benzene rings is 1. The highest BCUT2D eigenvalue weighted by atomic mass is 16.1. The normalized spacial score (nSPS) is 16.2. The topological polar surface area (TPSA) is 22.0 Å². The Labute approximate surface area is 101 Å². The van der Waals surface area contributed by atoms with Gasteiger partial charge in [0.15, 0.2) is 5.78 Å². The number of para-hydroxylation sites is 1. The van der Waals surface area contributed by atoms with Gasteiger partial charge in [-0.1, -0.05) is 18.2 Å². The number of Topliss-reactive ketones (excluding diaryl/α,β-unsaturated/α-hetero) is 1. The highest BCUT2D eigenvalue weighted by molar-refractivity contribution is 6.09. The molecule has 0 saturated heterocycles. The first-order valence-corrected chi connectivity index (χ1v) is 5.96. The molecule has 0 bridgehead atoms. The second-order valence-corrected chi connectivity index (χ2v) is 4.70. The zero-order valence-electron chi connectivity index (χ0n) is 10.2. The van der Waals surface area contributed by atoms with Crippen molar-refractivity contribution in [1.82, 2.24) is 4.57 Å². The molecule has 86 valence electrons. The number of allylic oxidation sites excluding steroid dienone is 2. The summed E-state index contributed by atoms with van der Waals surface area (Å²) in [6.45, 7) is 1.95. The van der Waals surface area contributed by atoms with E-state index in [0.717, 1.165) is 12.0 Å². The number of fused-ring (bicyclic) bond motifs is 1. The van der Waals surface area contributed by atoms with Gasteiger partial charge in [-0.3, -0.25) is 4.79 Å². The summed E-state index contributed by atoms with van der Waals surface area (Å²) in [5.74, 6) is 0.299. The molecule has 0 aliphatic heterocycles. The van der Waals surface area contributed by atoms with Crippen LogP contribution in [0.4, 0.5) is 0 Å². The molecule has 0 N–H and O–H groups in total. The smallest absolute Gasteiger partial charge is 0.159 e. The van der Waals surface area contributed by atoms with Crippen LogP contribution in [0.3, 0.4) is 0 Å². The lowest BCUT2D eigenvalue weighted by molar-refractivity contribution is -0.114. The Morgan fingerprint density at radius 2 is 1.94 bits per heavy atom. The minimum absolute atomic E-state index is 0.299. The van der Waals surface area contributed by atoms with E-state index in [9.17, 15) is 4.79 Å². The summed E-state index contributed by atoms with van der Waals surface area (Å²) in [6, 6.07) is 8.35. The first-order chi connectivity index (χ1) is 8.18. The molecule has 0 spiro atoms. The number of hydrogen-bond acceptors (Lipinski definition) is 1. The second-order valence-electron chi connectivity index (χ2n) is 4.70. The van der Waals surface area contributed by atoms with Gasteiger partial charge < -0.3 is 4.57 Å². The Hall–Kier alpha value is -1.83. The van der Waals surface area contributed by atoms with Crippen molar-refractivity contribution in [2.24, 2.45) is 7.05 Å². The zero-order chi connectivity index (χ0) is 12.0. The van der Waals surface area contributed by atoms with Crippen LogP contribution in [-0.4, -0.2) is 10.4 Å². The first-order valence-electron chi connectivity index (χ1n) is 5.96. The Morgan fingerprint density at radius 3 is 2.65 bits per heavy atom. The fraction of sp³-hybridized carbons (Fsp3) is 0.267. The molecule has 0 saturated carbocycles. The van der Waals surface area contributed by atoms with Crippen molar-refractivity contribution in [2.75, 3.05) is 0 Å². The van der Waals surface area contributed by atoms with Gasteiger partial charge >= 0.3 is 0 Å². The van der Waals surface area contributed by atoms with Gasteiger partial charge in [0.05, 0.1) is 0 Å². The maximum absolute atomic E-state index is 11.6. The number of carbonyl (C=O) groups is 1. The molecule has 0 unspecified atom stereocenters. The minimum atomic E-state index is 0.299. The van der Waals surface area contributed by atoms with Gasteiger partial charge in [0.2, 0.25) is 0 Å². The summed E-state index contributed by atoms with van der Waals surface area (Å²) < 4.78 is 2.13. The van der Waals surface area contributed by atoms with Gasteiger partial charge in [-0.05, 0) is 30.6 Å². The van der Waals surface area contributed by atoms with Crippen molar-refractivity contribution in [1.29, 1.82) is 0 Å². The predicted octanol–water partition coefficient (Wildman–Crippen LogP) is 3.31. The molecule has 1 aromatic heterocycles. The molecular formula is C15H15NO. The largest absolute Gasteiger partial charge is 0.350 e. The van der Waals surface area contributed by atoms with Crippen LogP contribution < -0.4 is 0 Å². The third-order valence-corrected chi connectivity index (χ3v) is 3.70. The molecule has 2 heteroatoms. The highest BCUT2D eigenvalue weighted by Gasteiger charge is 2.22. The van der Waals surface area contributed by atoms with Crippen LogP contribution in [-0.2, 0) is 11.8 Å². The van der Waals surface area contributed by atoms with Crippen LogP contribution in [0.2, 0.25) is 0 Å². The van der Waals surface area contributed by atoms with Crippen molar-refractivity contribution in [2.45, 2.75) is 19.8 Å². The standard InChI is InChI=1S/C15H15NO/c1-10-11(7-8-15(10)17)13-9-16(2)14-6-4-3-5-12(13)14/h3-6,9H,7-8H2,1-2H3. The molecule has 0 fully saturated rings. The number of ketones is 1. The van der Waals surface area contributed by atoms with Crippen LogP contribution in [0.15, 0.2) is 36.0 Å². The van der Waals surface area contributed by atoms with Gasteiger partial charge in [0, 0.05) is 36.1 Å². The van der Waals surface area contributed by atoms with Gasteiger partial charge in [-0.25, -0.2) is 0 Å². The van der Waals surface area contributed by atoms with Crippen LogP contribution in [0.1, 0.15) is 25.3 Å². The van der Waals surface area contributed by atoms with Crippen molar-refractivity contribution in [3.8, 4) is 0 Å². The molecule has 2 aromatic rings. The number of hydrogen-bond donors (Lipinski definition) is 0. The molecule has 1 aromatic carbocycles. The van der Waals surface area contributed by atoms with Crippen LogP contribution in [0.5, 0.6) is 0 Å². The number of rotatable bonds is 1. The van der Waals surface area contributed by atoms with Crippen molar-refractivity contribution in [3.63, 3.8) is 0 Å². The van der Waals surface area contributed by atoms with E-state index < -0.39 is 0 Å². The molecule has 1 aliphatic rings. The SMILES string of the molecule is CC1=C(c2cn(C)c3ccccc23)CCC1=O. The fourth-order valence-corrected chi connectivity index (χ4v) is 2.70. The quantitative estimate of drug-likeness (QED) is 0.729. The summed E-state index contributed by atoms with van der Waals surface area (Å²) in [6.07, 6.45) is 3.70. The van der Waals surface area contributed by atoms with E-state index >= 15 is 0 Å². The number of nitrogens with zero attached hydrogens (tertiary/aromatic N) is 1.